The summed E-state index contributed by atoms with van der Waals surface area (Å²) in [5.41, 5.74) is 2.54. The van der Waals surface area contributed by atoms with Gasteiger partial charge in [0, 0.05) is 5.56 Å². The van der Waals surface area contributed by atoms with E-state index in [1.54, 1.807) is 13.0 Å². The quantitative estimate of drug-likeness (QED) is 0.906. The van der Waals surface area contributed by atoms with Gasteiger partial charge in [-0.1, -0.05) is 24.3 Å². The van der Waals surface area contributed by atoms with Crippen molar-refractivity contribution in [3.05, 3.63) is 65.0 Å². The van der Waals surface area contributed by atoms with Crippen LogP contribution in [0.2, 0.25) is 0 Å². The summed E-state index contributed by atoms with van der Waals surface area (Å²) in [6.45, 7) is 3.91. The van der Waals surface area contributed by atoms with Crippen LogP contribution in [0.3, 0.4) is 0 Å². The molecular formula is C16H17FO2. The van der Waals surface area contributed by atoms with Crippen LogP contribution in [-0.4, -0.2) is 5.11 Å². The van der Waals surface area contributed by atoms with Crippen LogP contribution in [0.5, 0.6) is 5.75 Å². The fraction of sp³-hybridized carbons (Fsp3) is 0.250. The number of rotatable bonds is 4. The Balaban J connectivity index is 2.14. The van der Waals surface area contributed by atoms with E-state index in [0.29, 0.717) is 12.4 Å². The smallest absolute Gasteiger partial charge is 0.125 e. The largest absolute Gasteiger partial charge is 0.489 e. The number of ether oxygens (including phenoxy) is 1. The van der Waals surface area contributed by atoms with Gasteiger partial charge < -0.3 is 9.84 Å². The van der Waals surface area contributed by atoms with E-state index in [0.717, 1.165) is 16.7 Å². The first-order valence-corrected chi connectivity index (χ1v) is 6.22. The molecule has 0 saturated carbocycles. The lowest BCUT2D eigenvalue weighted by atomic mass is 10.1. The van der Waals surface area contributed by atoms with Gasteiger partial charge in [0.05, 0.1) is 6.10 Å². The van der Waals surface area contributed by atoms with Crippen LogP contribution in [0.25, 0.3) is 0 Å². The van der Waals surface area contributed by atoms with E-state index in [1.807, 2.05) is 31.2 Å². The number of hydrogen-bond acceptors (Lipinski definition) is 2. The molecule has 1 N–H and O–H groups in total. The molecule has 0 heterocycles. The van der Waals surface area contributed by atoms with Gasteiger partial charge in [-0.2, -0.15) is 0 Å². The highest BCUT2D eigenvalue weighted by Crippen LogP contribution is 2.25. The van der Waals surface area contributed by atoms with Crippen LogP contribution >= 0.6 is 0 Å². The van der Waals surface area contributed by atoms with E-state index in [-0.39, 0.29) is 5.82 Å². The first-order valence-electron chi connectivity index (χ1n) is 6.22. The average molecular weight is 260 g/mol. The van der Waals surface area contributed by atoms with E-state index >= 15 is 0 Å². The Hall–Kier alpha value is -1.87. The zero-order valence-electron chi connectivity index (χ0n) is 11.1. The molecule has 0 unspecified atom stereocenters. The highest BCUT2D eigenvalue weighted by molar-refractivity contribution is 5.35. The van der Waals surface area contributed by atoms with Crippen molar-refractivity contribution in [2.75, 3.05) is 0 Å². The molecule has 100 valence electrons. The predicted molar refractivity (Wildman–Crippen MR) is 72.5 cm³/mol. The lowest BCUT2D eigenvalue weighted by molar-refractivity contribution is 0.190. The van der Waals surface area contributed by atoms with Gasteiger partial charge in [0.1, 0.15) is 18.2 Å². The minimum absolute atomic E-state index is 0.245. The minimum Gasteiger partial charge on any atom is -0.489 e. The Morgan fingerprint density at radius 2 is 1.95 bits per heavy atom. The van der Waals surface area contributed by atoms with Crippen molar-refractivity contribution in [2.24, 2.45) is 0 Å². The number of halogens is 1. The predicted octanol–water partition coefficient (Wildman–Crippen LogP) is 3.77. The van der Waals surface area contributed by atoms with Crippen molar-refractivity contribution >= 4 is 0 Å². The molecule has 0 spiro atoms. The summed E-state index contributed by atoms with van der Waals surface area (Å²) in [6, 6.07) is 12.0. The molecule has 1 atom stereocenters. The topological polar surface area (TPSA) is 29.5 Å². The molecule has 0 fully saturated rings. The van der Waals surface area contributed by atoms with Gasteiger partial charge in [-0.05, 0) is 43.2 Å². The number of aliphatic hydroxyl groups is 1. The van der Waals surface area contributed by atoms with Gasteiger partial charge in [0.25, 0.3) is 0 Å². The van der Waals surface area contributed by atoms with Gasteiger partial charge in [-0.25, -0.2) is 4.39 Å². The second kappa shape index (κ2) is 5.85. The number of hydrogen-bond donors (Lipinski definition) is 1. The van der Waals surface area contributed by atoms with E-state index in [1.165, 1.54) is 12.1 Å². The molecule has 19 heavy (non-hydrogen) atoms. The maximum Gasteiger partial charge on any atom is 0.125 e. The Bertz CT molecular complexity index is 564. The van der Waals surface area contributed by atoms with E-state index in [2.05, 4.69) is 0 Å². The third-order valence-corrected chi connectivity index (χ3v) is 3.06. The molecule has 0 amide bonds. The molecule has 3 heteroatoms. The molecule has 0 aliphatic rings. The zero-order chi connectivity index (χ0) is 13.8. The summed E-state index contributed by atoms with van der Waals surface area (Å²) in [4.78, 5) is 0. The van der Waals surface area contributed by atoms with Crippen LogP contribution in [-0.2, 0) is 6.61 Å². The number of benzene rings is 2. The summed E-state index contributed by atoms with van der Waals surface area (Å²) in [6.07, 6.45) is -0.578. The second-order valence-corrected chi connectivity index (χ2v) is 4.57. The maximum absolute atomic E-state index is 13.0. The van der Waals surface area contributed by atoms with Crippen molar-refractivity contribution in [1.82, 2.24) is 0 Å². The van der Waals surface area contributed by atoms with Gasteiger partial charge in [0.2, 0.25) is 0 Å². The van der Waals surface area contributed by atoms with Gasteiger partial charge in [-0.15, -0.1) is 0 Å². The maximum atomic E-state index is 13.0. The molecule has 2 aromatic rings. The first-order chi connectivity index (χ1) is 9.08. The number of aryl methyl sites for hydroxylation is 1. The first kappa shape index (κ1) is 13.6. The molecule has 2 rings (SSSR count). The average Bonchev–Trinajstić information content (AvgIpc) is 2.38. The zero-order valence-corrected chi connectivity index (χ0v) is 11.1. The van der Waals surface area contributed by atoms with Crippen molar-refractivity contribution in [1.29, 1.82) is 0 Å². The van der Waals surface area contributed by atoms with Crippen molar-refractivity contribution in [2.45, 2.75) is 26.6 Å². The Labute approximate surface area is 112 Å². The van der Waals surface area contributed by atoms with Crippen LogP contribution < -0.4 is 4.74 Å². The summed E-state index contributed by atoms with van der Waals surface area (Å²) in [7, 11) is 0. The van der Waals surface area contributed by atoms with E-state index in [4.69, 9.17) is 4.74 Å². The second-order valence-electron chi connectivity index (χ2n) is 4.57. The van der Waals surface area contributed by atoms with Crippen molar-refractivity contribution in [3.8, 4) is 5.75 Å². The molecule has 0 radical (unpaired) electrons. The highest BCUT2D eigenvalue weighted by Gasteiger charge is 2.09. The molecule has 0 bridgehead atoms. The molecule has 2 nitrogen and oxygen atoms in total. The van der Waals surface area contributed by atoms with E-state index < -0.39 is 6.10 Å². The summed E-state index contributed by atoms with van der Waals surface area (Å²) in [5, 5.41) is 9.66. The summed E-state index contributed by atoms with van der Waals surface area (Å²) >= 11 is 0. The Morgan fingerprint density at radius 1 is 1.21 bits per heavy atom. The standard InChI is InChI=1S/C16H17FO2/c1-11-9-14(17)8-7-13(11)10-19-16-6-4-3-5-15(16)12(2)18/h3-9,12,18H,10H2,1-2H3/t12-/m0/s1. The number of para-hydroxylation sites is 1. The monoisotopic (exact) mass is 260 g/mol. The summed E-state index contributed by atoms with van der Waals surface area (Å²) < 4.78 is 18.7. The summed E-state index contributed by atoms with van der Waals surface area (Å²) in [5.74, 6) is 0.409. The van der Waals surface area contributed by atoms with Crippen LogP contribution in [0, 0.1) is 12.7 Å². The molecule has 0 saturated heterocycles. The SMILES string of the molecule is Cc1cc(F)ccc1COc1ccccc1[C@H](C)O. The lowest BCUT2D eigenvalue weighted by Crippen LogP contribution is -2.02. The number of aliphatic hydroxyl groups excluding tert-OH is 1. The fourth-order valence-corrected chi connectivity index (χ4v) is 1.93. The van der Waals surface area contributed by atoms with Gasteiger partial charge in [-0.3, -0.25) is 0 Å². The molecule has 0 aliphatic heterocycles. The Kier molecular flexibility index (Phi) is 4.17. The highest BCUT2D eigenvalue weighted by atomic mass is 19.1. The van der Waals surface area contributed by atoms with Crippen LogP contribution in [0.15, 0.2) is 42.5 Å². The molecule has 0 aromatic heterocycles. The van der Waals surface area contributed by atoms with Crippen LogP contribution in [0.1, 0.15) is 29.7 Å². The van der Waals surface area contributed by atoms with Crippen molar-refractivity contribution in [3.63, 3.8) is 0 Å². The van der Waals surface area contributed by atoms with Crippen molar-refractivity contribution < 1.29 is 14.2 Å². The Morgan fingerprint density at radius 3 is 2.63 bits per heavy atom. The third kappa shape index (κ3) is 3.32. The lowest BCUT2D eigenvalue weighted by Gasteiger charge is -2.14. The minimum atomic E-state index is -0.578. The third-order valence-electron chi connectivity index (χ3n) is 3.06. The van der Waals surface area contributed by atoms with Crippen LogP contribution in [0.4, 0.5) is 4.39 Å². The van der Waals surface area contributed by atoms with E-state index in [9.17, 15) is 9.50 Å². The molecular weight excluding hydrogens is 243 g/mol. The van der Waals surface area contributed by atoms with Gasteiger partial charge >= 0.3 is 0 Å². The van der Waals surface area contributed by atoms with Gasteiger partial charge in [0.15, 0.2) is 0 Å². The molecule has 0 aliphatic carbocycles. The fourth-order valence-electron chi connectivity index (χ4n) is 1.93. The normalized spacial score (nSPS) is 12.2. The molecule has 2 aromatic carbocycles.